The largest absolute Gasteiger partial charge is 0.377 e. The van der Waals surface area contributed by atoms with Crippen molar-refractivity contribution in [1.82, 2.24) is 15.2 Å². The Morgan fingerprint density at radius 1 is 1.24 bits per heavy atom. The first-order valence-corrected chi connectivity index (χ1v) is 10.8. The molecule has 0 aliphatic carbocycles. The maximum absolute atomic E-state index is 6.14. The summed E-state index contributed by atoms with van der Waals surface area (Å²) in [6, 6.07) is 6.11. The Balaban J connectivity index is 0.00000300. The molecule has 2 atom stereocenters. The lowest BCUT2D eigenvalue weighted by Crippen LogP contribution is -2.53. The molecule has 164 valence electrons. The van der Waals surface area contributed by atoms with Crippen molar-refractivity contribution in [1.29, 1.82) is 0 Å². The second-order valence-electron chi connectivity index (χ2n) is 8.92. The number of hydrogen-bond acceptors (Lipinski definition) is 4. The van der Waals surface area contributed by atoms with Crippen LogP contribution in [0.3, 0.4) is 0 Å². The third-order valence-electron chi connectivity index (χ3n) is 5.66. The number of aliphatic imine (C=N–C) groups is 1. The van der Waals surface area contributed by atoms with Crippen molar-refractivity contribution in [3.8, 4) is 0 Å². The normalized spacial score (nSPS) is 23.5. The average molecular weight is 515 g/mol. The van der Waals surface area contributed by atoms with E-state index in [2.05, 4.69) is 59.9 Å². The predicted octanol–water partition coefficient (Wildman–Crippen LogP) is 3.63. The number of aromatic nitrogens is 1. The fourth-order valence-corrected chi connectivity index (χ4v) is 4.31. The smallest absolute Gasteiger partial charge is 0.194 e. The second-order valence-corrected chi connectivity index (χ2v) is 8.92. The van der Waals surface area contributed by atoms with Gasteiger partial charge in [0, 0.05) is 58.0 Å². The minimum atomic E-state index is 0. The highest BCUT2D eigenvalue weighted by Crippen LogP contribution is 2.34. The predicted molar refractivity (Wildman–Crippen MR) is 131 cm³/mol. The summed E-state index contributed by atoms with van der Waals surface area (Å²) in [6.45, 7) is 15.5. The zero-order valence-corrected chi connectivity index (χ0v) is 20.8. The summed E-state index contributed by atoms with van der Waals surface area (Å²) >= 11 is 0. The van der Waals surface area contributed by atoms with Crippen molar-refractivity contribution in [3.63, 3.8) is 0 Å². The number of halogens is 1. The van der Waals surface area contributed by atoms with Crippen molar-refractivity contribution >= 4 is 35.8 Å². The molecule has 2 aliphatic rings. The number of piperazine rings is 1. The lowest BCUT2D eigenvalue weighted by Gasteiger charge is -2.40. The van der Waals surface area contributed by atoms with Crippen molar-refractivity contribution < 1.29 is 4.74 Å². The molecule has 0 amide bonds. The van der Waals surface area contributed by atoms with E-state index < -0.39 is 0 Å². The molecular weight excluding hydrogens is 477 g/mol. The monoisotopic (exact) mass is 515 g/mol. The number of ether oxygens (including phenoxy) is 1. The van der Waals surface area contributed by atoms with Gasteiger partial charge in [0.2, 0.25) is 0 Å². The fraction of sp³-hybridized carbons (Fsp3) is 0.727. The zero-order chi connectivity index (χ0) is 20.0. The van der Waals surface area contributed by atoms with Gasteiger partial charge in [-0.15, -0.1) is 24.0 Å². The Morgan fingerprint density at radius 3 is 2.62 bits per heavy atom. The summed E-state index contributed by atoms with van der Waals surface area (Å²) in [6.07, 6.45) is 4.50. The molecule has 2 saturated heterocycles. The van der Waals surface area contributed by atoms with E-state index in [9.17, 15) is 0 Å². The van der Waals surface area contributed by atoms with Crippen LogP contribution in [-0.2, 0) is 4.74 Å². The summed E-state index contributed by atoms with van der Waals surface area (Å²) in [7, 11) is 0. The highest BCUT2D eigenvalue weighted by molar-refractivity contribution is 14.0. The van der Waals surface area contributed by atoms with Crippen molar-refractivity contribution in [2.75, 3.05) is 50.8 Å². The Labute approximate surface area is 193 Å². The van der Waals surface area contributed by atoms with Crippen LogP contribution in [0.15, 0.2) is 29.4 Å². The number of anilines is 1. The van der Waals surface area contributed by atoms with E-state index in [-0.39, 0.29) is 35.5 Å². The SMILES string of the molecule is CCNC(=NCC1CCCOC1C(C)(C)C)N1CCN(c2ccccn2)CC1.I. The zero-order valence-electron chi connectivity index (χ0n) is 18.4. The number of nitrogens with one attached hydrogen (secondary N) is 1. The van der Waals surface area contributed by atoms with Gasteiger partial charge in [0.15, 0.2) is 5.96 Å². The molecule has 0 saturated carbocycles. The van der Waals surface area contributed by atoms with Gasteiger partial charge in [-0.25, -0.2) is 4.98 Å². The lowest BCUT2D eigenvalue weighted by molar-refractivity contribution is -0.0824. The quantitative estimate of drug-likeness (QED) is 0.377. The van der Waals surface area contributed by atoms with Gasteiger partial charge in [0.25, 0.3) is 0 Å². The molecule has 1 N–H and O–H groups in total. The first-order chi connectivity index (χ1) is 13.5. The van der Waals surface area contributed by atoms with E-state index in [4.69, 9.17) is 9.73 Å². The van der Waals surface area contributed by atoms with Gasteiger partial charge < -0.3 is 19.9 Å². The van der Waals surface area contributed by atoms with Crippen LogP contribution in [0.2, 0.25) is 0 Å². The Kier molecular flexibility index (Phi) is 9.46. The molecular formula is C22H38IN5O. The summed E-state index contributed by atoms with van der Waals surface area (Å²) < 4.78 is 6.14. The van der Waals surface area contributed by atoms with E-state index in [1.54, 1.807) is 0 Å². The highest BCUT2D eigenvalue weighted by atomic mass is 127. The van der Waals surface area contributed by atoms with Gasteiger partial charge in [-0.1, -0.05) is 26.8 Å². The van der Waals surface area contributed by atoms with E-state index in [0.29, 0.717) is 5.92 Å². The molecule has 1 aromatic rings. The second kappa shape index (κ2) is 11.3. The molecule has 0 bridgehead atoms. The van der Waals surface area contributed by atoms with Gasteiger partial charge in [-0.2, -0.15) is 0 Å². The highest BCUT2D eigenvalue weighted by Gasteiger charge is 2.35. The van der Waals surface area contributed by atoms with E-state index in [0.717, 1.165) is 64.1 Å². The maximum Gasteiger partial charge on any atom is 0.194 e. The molecule has 0 aromatic carbocycles. The molecule has 3 heterocycles. The Bertz CT molecular complexity index is 626. The van der Waals surface area contributed by atoms with E-state index in [1.165, 1.54) is 6.42 Å². The maximum atomic E-state index is 6.14. The first-order valence-electron chi connectivity index (χ1n) is 10.8. The summed E-state index contributed by atoms with van der Waals surface area (Å²) in [5.41, 5.74) is 0.160. The third kappa shape index (κ3) is 6.70. The van der Waals surface area contributed by atoms with E-state index >= 15 is 0 Å². The number of rotatable bonds is 4. The number of guanidine groups is 1. The lowest BCUT2D eigenvalue weighted by atomic mass is 9.78. The number of hydrogen-bond donors (Lipinski definition) is 1. The fourth-order valence-electron chi connectivity index (χ4n) is 4.31. The summed E-state index contributed by atoms with van der Waals surface area (Å²) in [5.74, 6) is 2.61. The topological polar surface area (TPSA) is 53.0 Å². The molecule has 0 spiro atoms. The molecule has 6 nitrogen and oxygen atoms in total. The third-order valence-corrected chi connectivity index (χ3v) is 5.66. The summed E-state index contributed by atoms with van der Waals surface area (Å²) in [4.78, 5) is 14.3. The molecule has 29 heavy (non-hydrogen) atoms. The van der Waals surface area contributed by atoms with Gasteiger partial charge >= 0.3 is 0 Å². The molecule has 0 radical (unpaired) electrons. The van der Waals surface area contributed by atoms with Crippen LogP contribution in [0.25, 0.3) is 0 Å². The Morgan fingerprint density at radius 2 is 2.00 bits per heavy atom. The molecule has 7 heteroatoms. The van der Waals surface area contributed by atoms with Gasteiger partial charge in [0.05, 0.1) is 6.10 Å². The minimum Gasteiger partial charge on any atom is -0.377 e. The van der Waals surface area contributed by atoms with Crippen LogP contribution >= 0.6 is 24.0 Å². The van der Waals surface area contributed by atoms with Crippen molar-refractivity contribution in [3.05, 3.63) is 24.4 Å². The van der Waals surface area contributed by atoms with Crippen LogP contribution in [-0.4, -0.2) is 67.8 Å². The van der Waals surface area contributed by atoms with Gasteiger partial charge in [0.1, 0.15) is 5.82 Å². The molecule has 2 unspecified atom stereocenters. The molecule has 1 aromatic heterocycles. The molecule has 2 fully saturated rings. The van der Waals surface area contributed by atoms with Crippen LogP contribution in [0.4, 0.5) is 5.82 Å². The Hall–Kier alpha value is -1.09. The number of nitrogens with zero attached hydrogens (tertiary/aromatic N) is 4. The van der Waals surface area contributed by atoms with Crippen LogP contribution in [0, 0.1) is 11.3 Å². The van der Waals surface area contributed by atoms with Crippen LogP contribution in [0.1, 0.15) is 40.5 Å². The van der Waals surface area contributed by atoms with Gasteiger partial charge in [-0.05, 0) is 37.3 Å². The minimum absolute atomic E-state index is 0. The van der Waals surface area contributed by atoms with Gasteiger partial charge in [-0.3, -0.25) is 4.99 Å². The van der Waals surface area contributed by atoms with Crippen molar-refractivity contribution in [2.45, 2.75) is 46.6 Å². The van der Waals surface area contributed by atoms with Crippen LogP contribution < -0.4 is 10.2 Å². The summed E-state index contributed by atoms with van der Waals surface area (Å²) in [5, 5.41) is 3.50. The number of pyridine rings is 1. The standard InChI is InChI=1S/C22H37N5O.HI/c1-5-23-21(25-17-18-9-8-16-28-20(18)22(2,3)4)27-14-12-26(13-15-27)19-10-6-7-11-24-19;/h6-7,10-11,18,20H,5,8-9,12-17H2,1-4H3,(H,23,25);1H. The molecule has 2 aliphatic heterocycles. The average Bonchev–Trinajstić information content (AvgIpc) is 2.71. The van der Waals surface area contributed by atoms with Crippen LogP contribution in [0.5, 0.6) is 0 Å². The molecule has 3 rings (SSSR count). The first kappa shape index (κ1) is 24.2. The van der Waals surface area contributed by atoms with E-state index in [1.807, 2.05) is 12.3 Å². The van der Waals surface area contributed by atoms with Crippen molar-refractivity contribution in [2.24, 2.45) is 16.3 Å².